The summed E-state index contributed by atoms with van der Waals surface area (Å²) < 4.78 is 66.9. The Hall–Kier alpha value is -1.94. The van der Waals surface area contributed by atoms with Crippen LogP contribution in [-0.2, 0) is 0 Å². The number of alkyl halides is 3. The molecule has 0 radical (unpaired) electrons. The lowest BCUT2D eigenvalue weighted by Crippen LogP contribution is -2.54. The Morgan fingerprint density at radius 3 is 2.25 bits per heavy atom. The van der Waals surface area contributed by atoms with Gasteiger partial charge in [-0.3, -0.25) is 9.80 Å². The fourth-order valence-corrected chi connectivity index (χ4v) is 3.76. The van der Waals surface area contributed by atoms with Gasteiger partial charge in [-0.25, -0.2) is 13.6 Å². The Morgan fingerprint density at radius 1 is 1.21 bits per heavy atom. The van der Waals surface area contributed by atoms with Gasteiger partial charge in [-0.15, -0.1) is 0 Å². The molecule has 158 valence electrons. The van der Waals surface area contributed by atoms with E-state index in [1.807, 2.05) is 0 Å². The smallest absolute Gasteiger partial charge is 0.408 e. The summed E-state index contributed by atoms with van der Waals surface area (Å²) in [6.45, 7) is 3.03. The number of aliphatic hydroxyl groups excluding tert-OH is 1. The second-order valence-corrected chi connectivity index (χ2v) is 7.86. The number of carboxylic acid groups (broad SMARTS) is 1. The number of aliphatic hydroxyl groups is 1. The van der Waals surface area contributed by atoms with Crippen LogP contribution in [0.2, 0.25) is 0 Å². The van der Waals surface area contributed by atoms with Crippen LogP contribution in [0.4, 0.5) is 26.7 Å². The van der Waals surface area contributed by atoms with E-state index in [1.54, 1.807) is 20.8 Å². The quantitative estimate of drug-likeness (QED) is 0.747. The van der Waals surface area contributed by atoms with E-state index in [2.05, 4.69) is 0 Å². The molecular formula is C18H23F5N2O3. The third-order valence-corrected chi connectivity index (χ3v) is 4.94. The number of rotatable bonds is 4. The number of halogens is 5. The molecule has 28 heavy (non-hydrogen) atoms. The Morgan fingerprint density at radius 2 is 1.82 bits per heavy atom. The van der Waals surface area contributed by atoms with Crippen molar-refractivity contribution in [3.63, 3.8) is 0 Å². The molecule has 5 nitrogen and oxygen atoms in total. The molecule has 0 aliphatic carbocycles. The van der Waals surface area contributed by atoms with Crippen LogP contribution in [0.3, 0.4) is 0 Å². The lowest BCUT2D eigenvalue weighted by Gasteiger charge is -2.40. The number of carbonyl (C=O) groups is 1. The van der Waals surface area contributed by atoms with Crippen LogP contribution in [0.25, 0.3) is 0 Å². The summed E-state index contributed by atoms with van der Waals surface area (Å²) in [7, 11) is 0. The molecule has 1 aromatic rings. The zero-order valence-corrected chi connectivity index (χ0v) is 15.7. The summed E-state index contributed by atoms with van der Waals surface area (Å²) in [6, 6.07) is -0.149. The van der Waals surface area contributed by atoms with Crippen LogP contribution in [0, 0.1) is 11.6 Å². The summed E-state index contributed by atoms with van der Waals surface area (Å²) in [5, 5.41) is 18.9. The molecule has 1 aromatic carbocycles. The maximum atomic E-state index is 13.7. The van der Waals surface area contributed by atoms with E-state index >= 15 is 0 Å². The molecule has 2 N–H and O–H groups in total. The van der Waals surface area contributed by atoms with Crippen LogP contribution >= 0.6 is 0 Å². The van der Waals surface area contributed by atoms with E-state index in [0.717, 1.165) is 21.9 Å². The first-order valence-corrected chi connectivity index (χ1v) is 8.66. The van der Waals surface area contributed by atoms with Crippen molar-refractivity contribution in [2.45, 2.75) is 50.5 Å². The summed E-state index contributed by atoms with van der Waals surface area (Å²) in [5.41, 5.74) is -0.753. The van der Waals surface area contributed by atoms with E-state index in [-0.39, 0.29) is 18.7 Å². The van der Waals surface area contributed by atoms with Gasteiger partial charge in [0.1, 0.15) is 6.04 Å². The van der Waals surface area contributed by atoms with Crippen LogP contribution in [0.1, 0.15) is 32.3 Å². The van der Waals surface area contributed by atoms with Crippen LogP contribution in [0.5, 0.6) is 0 Å². The number of hydrogen-bond acceptors (Lipinski definition) is 3. The van der Waals surface area contributed by atoms with Gasteiger partial charge in [0.15, 0.2) is 11.6 Å². The number of benzene rings is 1. The molecule has 1 aliphatic heterocycles. The van der Waals surface area contributed by atoms with E-state index in [4.69, 9.17) is 0 Å². The van der Waals surface area contributed by atoms with Crippen molar-refractivity contribution in [1.82, 2.24) is 9.80 Å². The van der Waals surface area contributed by atoms with Crippen molar-refractivity contribution in [3.05, 3.63) is 35.4 Å². The molecule has 1 saturated heterocycles. The SMILES string of the molecule is CC(C)(C)N(C(=O)O)[C@@H]1CN([C@@H](CO)C(F)(F)F)C[C@H]1c1ccc(F)c(F)c1. The lowest BCUT2D eigenvalue weighted by molar-refractivity contribution is -0.190. The molecule has 3 atom stereocenters. The number of hydrogen-bond donors (Lipinski definition) is 2. The van der Waals surface area contributed by atoms with Gasteiger partial charge in [0.05, 0.1) is 12.6 Å². The van der Waals surface area contributed by atoms with E-state index in [0.29, 0.717) is 0 Å². The van der Waals surface area contributed by atoms with E-state index in [9.17, 15) is 37.0 Å². The third-order valence-electron chi connectivity index (χ3n) is 4.94. The zero-order chi connectivity index (χ0) is 21.4. The highest BCUT2D eigenvalue weighted by Crippen LogP contribution is 2.38. The lowest BCUT2D eigenvalue weighted by atomic mass is 9.90. The molecule has 0 aromatic heterocycles. The molecule has 0 spiro atoms. The van der Waals surface area contributed by atoms with Crippen molar-refractivity contribution in [1.29, 1.82) is 0 Å². The van der Waals surface area contributed by atoms with Gasteiger partial charge in [-0.2, -0.15) is 13.2 Å². The molecule has 1 fully saturated rings. The minimum atomic E-state index is -4.72. The maximum Gasteiger partial charge on any atom is 0.408 e. The average Bonchev–Trinajstić information content (AvgIpc) is 2.91. The fraction of sp³-hybridized carbons (Fsp3) is 0.611. The Balaban J connectivity index is 2.50. The molecule has 0 saturated carbocycles. The van der Waals surface area contributed by atoms with Crippen molar-refractivity contribution < 1.29 is 37.0 Å². The first-order valence-electron chi connectivity index (χ1n) is 8.66. The molecule has 0 unspecified atom stereocenters. The summed E-state index contributed by atoms with van der Waals surface area (Å²) in [4.78, 5) is 13.9. The van der Waals surface area contributed by atoms with Gasteiger partial charge in [0, 0.05) is 24.5 Å². The van der Waals surface area contributed by atoms with Gasteiger partial charge in [-0.05, 0) is 38.5 Å². The normalized spacial score (nSPS) is 22.3. The highest BCUT2D eigenvalue weighted by Gasteiger charge is 2.51. The predicted octanol–water partition coefficient (Wildman–Crippen LogP) is 3.43. The summed E-state index contributed by atoms with van der Waals surface area (Å²) in [6.07, 6.45) is -6.06. The summed E-state index contributed by atoms with van der Waals surface area (Å²) in [5.74, 6) is -3.10. The van der Waals surface area contributed by atoms with Crippen molar-refractivity contribution in [2.75, 3.05) is 19.7 Å². The number of amides is 1. The van der Waals surface area contributed by atoms with Crippen LogP contribution in [-0.4, -0.2) is 69.6 Å². The van der Waals surface area contributed by atoms with Gasteiger partial charge in [0.25, 0.3) is 0 Å². The maximum absolute atomic E-state index is 13.7. The topological polar surface area (TPSA) is 64.0 Å². The van der Waals surface area contributed by atoms with E-state index < -0.39 is 54.1 Å². The molecule has 1 amide bonds. The number of nitrogens with zero attached hydrogens (tertiary/aromatic N) is 2. The highest BCUT2D eigenvalue weighted by molar-refractivity contribution is 5.67. The minimum Gasteiger partial charge on any atom is -0.465 e. The Kier molecular flexibility index (Phi) is 6.25. The molecule has 2 rings (SSSR count). The first-order chi connectivity index (χ1) is 12.8. The van der Waals surface area contributed by atoms with Crippen LogP contribution in [0.15, 0.2) is 18.2 Å². The molecular weight excluding hydrogens is 387 g/mol. The van der Waals surface area contributed by atoms with E-state index in [1.165, 1.54) is 6.07 Å². The summed E-state index contributed by atoms with van der Waals surface area (Å²) >= 11 is 0. The molecule has 1 aliphatic rings. The predicted molar refractivity (Wildman–Crippen MR) is 91.0 cm³/mol. The zero-order valence-electron chi connectivity index (χ0n) is 15.7. The fourth-order valence-electron chi connectivity index (χ4n) is 3.76. The second kappa shape index (κ2) is 7.82. The Bertz CT molecular complexity index is 720. The van der Waals surface area contributed by atoms with Crippen LogP contribution < -0.4 is 0 Å². The first kappa shape index (κ1) is 22.4. The molecule has 10 heteroatoms. The van der Waals surface area contributed by atoms with Gasteiger partial charge in [-0.1, -0.05) is 6.07 Å². The largest absolute Gasteiger partial charge is 0.465 e. The van der Waals surface area contributed by atoms with Crippen molar-refractivity contribution in [2.24, 2.45) is 0 Å². The molecule has 1 heterocycles. The van der Waals surface area contributed by atoms with Crippen molar-refractivity contribution in [3.8, 4) is 0 Å². The molecule has 0 bridgehead atoms. The van der Waals surface area contributed by atoms with Gasteiger partial charge in [0.2, 0.25) is 0 Å². The average molecular weight is 410 g/mol. The highest BCUT2D eigenvalue weighted by atomic mass is 19.4. The second-order valence-electron chi connectivity index (χ2n) is 7.86. The van der Waals surface area contributed by atoms with Crippen molar-refractivity contribution >= 4 is 6.09 Å². The Labute approximate surface area is 159 Å². The standard InChI is InChI=1S/C18H23F5N2O3/c1-17(2,3)25(16(27)28)14-8-24(15(9-26)18(21,22)23)7-11(14)10-4-5-12(19)13(20)6-10/h4-6,11,14-15,26H,7-9H2,1-3H3,(H,27,28)/t11-,14+,15-/m0/s1. The minimum absolute atomic E-state index is 0.195. The number of likely N-dealkylation sites (tertiary alicyclic amines) is 1. The van der Waals surface area contributed by atoms with Gasteiger partial charge >= 0.3 is 12.3 Å². The monoisotopic (exact) mass is 410 g/mol. The van der Waals surface area contributed by atoms with Gasteiger partial charge < -0.3 is 10.2 Å². The third kappa shape index (κ3) is 4.54.